The van der Waals surface area contributed by atoms with E-state index in [0.29, 0.717) is 11.9 Å². The monoisotopic (exact) mass is 238 g/mol. The highest BCUT2D eigenvalue weighted by Gasteiger charge is 2.12. The van der Waals surface area contributed by atoms with Gasteiger partial charge in [0.05, 0.1) is 12.3 Å². The lowest BCUT2D eigenvalue weighted by molar-refractivity contribution is 0.0974. The summed E-state index contributed by atoms with van der Waals surface area (Å²) in [6, 6.07) is 6.18. The number of likely N-dealkylation sites (N-methyl/N-ethyl adjacent to an activating group) is 1. The minimum atomic E-state index is 0.376. The number of pyridine rings is 1. The van der Waals surface area contributed by atoms with Crippen LogP contribution in [0.2, 0.25) is 0 Å². The standard InChI is InChI=1S/C12H22N4O/c1-4-16(10(2)9-17-3)8-11-6-5-7-12(14-11)15-13/h5-7,10H,4,8-9,13H2,1-3H3,(H,14,15). The number of hydrazine groups is 1. The first kappa shape index (κ1) is 13.9. The van der Waals surface area contributed by atoms with Crippen molar-refractivity contribution in [3.8, 4) is 0 Å². The molecule has 0 amide bonds. The third-order valence-corrected chi connectivity index (χ3v) is 2.76. The van der Waals surface area contributed by atoms with Crippen molar-refractivity contribution in [3.63, 3.8) is 0 Å². The van der Waals surface area contributed by atoms with Crippen molar-refractivity contribution >= 4 is 5.82 Å². The van der Waals surface area contributed by atoms with Crippen LogP contribution in [0.4, 0.5) is 5.82 Å². The Hall–Kier alpha value is -1.17. The number of nitrogens with zero attached hydrogens (tertiary/aromatic N) is 2. The van der Waals surface area contributed by atoms with Crippen molar-refractivity contribution in [3.05, 3.63) is 23.9 Å². The number of ether oxygens (including phenoxy) is 1. The molecule has 17 heavy (non-hydrogen) atoms. The number of hydrogen-bond donors (Lipinski definition) is 2. The summed E-state index contributed by atoms with van der Waals surface area (Å²) < 4.78 is 5.17. The Morgan fingerprint density at radius 2 is 2.29 bits per heavy atom. The van der Waals surface area contributed by atoms with Gasteiger partial charge in [-0.05, 0) is 25.6 Å². The van der Waals surface area contributed by atoms with Crippen molar-refractivity contribution in [2.24, 2.45) is 5.84 Å². The van der Waals surface area contributed by atoms with E-state index < -0.39 is 0 Å². The Labute approximate surface area is 103 Å². The number of methoxy groups -OCH3 is 1. The quantitative estimate of drug-likeness (QED) is 0.552. The lowest BCUT2D eigenvalue weighted by Gasteiger charge is -2.26. The Morgan fingerprint density at radius 1 is 1.53 bits per heavy atom. The van der Waals surface area contributed by atoms with E-state index in [1.54, 1.807) is 7.11 Å². The fraction of sp³-hybridized carbons (Fsp3) is 0.583. The van der Waals surface area contributed by atoms with Crippen LogP contribution in [0.1, 0.15) is 19.5 Å². The van der Waals surface area contributed by atoms with Crippen LogP contribution in [0.5, 0.6) is 0 Å². The predicted octanol–water partition coefficient (Wildman–Crippen LogP) is 1.22. The summed E-state index contributed by atoms with van der Waals surface area (Å²) >= 11 is 0. The first-order chi connectivity index (χ1) is 8.21. The Balaban J connectivity index is 2.66. The largest absolute Gasteiger partial charge is 0.383 e. The molecule has 0 bridgehead atoms. The normalized spacial score (nSPS) is 12.8. The second kappa shape index (κ2) is 7.21. The lowest BCUT2D eigenvalue weighted by atomic mass is 10.2. The summed E-state index contributed by atoms with van der Waals surface area (Å²) in [5.41, 5.74) is 3.56. The SMILES string of the molecule is CCN(Cc1cccc(NN)n1)C(C)COC. The third-order valence-electron chi connectivity index (χ3n) is 2.76. The van der Waals surface area contributed by atoms with Crippen LogP contribution in [0, 0.1) is 0 Å². The highest BCUT2D eigenvalue weighted by atomic mass is 16.5. The number of nitrogens with two attached hydrogens (primary N) is 1. The highest BCUT2D eigenvalue weighted by Crippen LogP contribution is 2.09. The zero-order valence-electron chi connectivity index (χ0n) is 10.8. The zero-order valence-corrected chi connectivity index (χ0v) is 10.8. The average molecular weight is 238 g/mol. The van der Waals surface area contributed by atoms with Gasteiger partial charge in [0.25, 0.3) is 0 Å². The van der Waals surface area contributed by atoms with Crippen molar-refractivity contribution < 1.29 is 4.74 Å². The number of rotatable bonds is 7. The van der Waals surface area contributed by atoms with Gasteiger partial charge in [0.1, 0.15) is 5.82 Å². The molecule has 1 aromatic heterocycles. The molecule has 1 unspecified atom stereocenters. The molecule has 0 saturated heterocycles. The average Bonchev–Trinajstić information content (AvgIpc) is 2.36. The number of nitrogens with one attached hydrogen (secondary N) is 1. The minimum absolute atomic E-state index is 0.376. The molecular formula is C12H22N4O. The maximum Gasteiger partial charge on any atom is 0.140 e. The first-order valence-corrected chi connectivity index (χ1v) is 5.86. The van der Waals surface area contributed by atoms with Gasteiger partial charge < -0.3 is 10.2 Å². The van der Waals surface area contributed by atoms with Crippen LogP contribution in [0.25, 0.3) is 0 Å². The Bertz CT molecular complexity index is 332. The van der Waals surface area contributed by atoms with Gasteiger partial charge in [-0.2, -0.15) is 0 Å². The molecule has 0 fully saturated rings. The summed E-state index contributed by atoms with van der Waals surface area (Å²) in [7, 11) is 1.72. The van der Waals surface area contributed by atoms with E-state index in [-0.39, 0.29) is 0 Å². The van der Waals surface area contributed by atoms with Crippen molar-refractivity contribution in [1.29, 1.82) is 0 Å². The molecule has 0 radical (unpaired) electrons. The Kier molecular flexibility index (Phi) is 5.90. The van der Waals surface area contributed by atoms with Gasteiger partial charge >= 0.3 is 0 Å². The molecular weight excluding hydrogens is 216 g/mol. The number of hydrogen-bond acceptors (Lipinski definition) is 5. The van der Waals surface area contributed by atoms with E-state index >= 15 is 0 Å². The van der Waals surface area contributed by atoms with E-state index in [9.17, 15) is 0 Å². The van der Waals surface area contributed by atoms with Crippen LogP contribution in [0.15, 0.2) is 18.2 Å². The summed E-state index contributed by atoms with van der Waals surface area (Å²) in [5, 5.41) is 0. The maximum absolute atomic E-state index is 5.34. The summed E-state index contributed by atoms with van der Waals surface area (Å²) in [6.07, 6.45) is 0. The van der Waals surface area contributed by atoms with Gasteiger partial charge in [-0.15, -0.1) is 0 Å². The molecule has 0 aromatic carbocycles. The molecule has 0 aliphatic rings. The zero-order chi connectivity index (χ0) is 12.7. The van der Waals surface area contributed by atoms with Gasteiger partial charge in [-0.1, -0.05) is 13.0 Å². The van der Waals surface area contributed by atoms with E-state index in [1.165, 1.54) is 0 Å². The molecule has 1 rings (SSSR count). The molecule has 0 aliphatic heterocycles. The van der Waals surface area contributed by atoms with Crippen LogP contribution >= 0.6 is 0 Å². The van der Waals surface area contributed by atoms with E-state index in [4.69, 9.17) is 10.6 Å². The van der Waals surface area contributed by atoms with E-state index in [0.717, 1.165) is 25.4 Å². The molecule has 3 N–H and O–H groups in total. The van der Waals surface area contributed by atoms with Crippen molar-refractivity contribution in [2.45, 2.75) is 26.4 Å². The molecule has 5 heteroatoms. The van der Waals surface area contributed by atoms with Gasteiger partial charge in [-0.25, -0.2) is 10.8 Å². The van der Waals surface area contributed by atoms with Crippen molar-refractivity contribution in [1.82, 2.24) is 9.88 Å². The molecule has 1 aromatic rings. The van der Waals surface area contributed by atoms with Gasteiger partial charge in [0.2, 0.25) is 0 Å². The molecule has 1 heterocycles. The molecule has 0 saturated carbocycles. The number of nitrogen functional groups attached to an aromatic ring is 1. The maximum atomic E-state index is 5.34. The predicted molar refractivity (Wildman–Crippen MR) is 69.5 cm³/mol. The fourth-order valence-electron chi connectivity index (χ4n) is 1.78. The Morgan fingerprint density at radius 3 is 2.88 bits per heavy atom. The van der Waals surface area contributed by atoms with Gasteiger partial charge in [0.15, 0.2) is 0 Å². The van der Waals surface area contributed by atoms with Crippen LogP contribution < -0.4 is 11.3 Å². The van der Waals surface area contributed by atoms with Gasteiger partial charge in [0, 0.05) is 19.7 Å². The lowest BCUT2D eigenvalue weighted by Crippen LogP contribution is -2.35. The van der Waals surface area contributed by atoms with E-state index in [1.807, 2.05) is 18.2 Å². The fourth-order valence-corrected chi connectivity index (χ4v) is 1.78. The number of aromatic nitrogens is 1. The molecule has 5 nitrogen and oxygen atoms in total. The van der Waals surface area contributed by atoms with Crippen LogP contribution in [-0.2, 0) is 11.3 Å². The summed E-state index contributed by atoms with van der Waals surface area (Å²) in [5.74, 6) is 6.04. The molecule has 96 valence electrons. The molecule has 0 spiro atoms. The molecule has 0 aliphatic carbocycles. The summed E-state index contributed by atoms with van der Waals surface area (Å²) in [6.45, 7) is 6.78. The van der Waals surface area contributed by atoms with Crippen molar-refractivity contribution in [2.75, 3.05) is 25.7 Å². The molecule has 1 atom stereocenters. The number of anilines is 1. The summed E-state index contributed by atoms with van der Waals surface area (Å²) in [4.78, 5) is 6.71. The van der Waals surface area contributed by atoms with Crippen LogP contribution in [-0.4, -0.2) is 36.2 Å². The smallest absolute Gasteiger partial charge is 0.140 e. The second-order valence-corrected chi connectivity index (χ2v) is 4.03. The van der Waals surface area contributed by atoms with Crippen LogP contribution in [0.3, 0.4) is 0 Å². The third kappa shape index (κ3) is 4.30. The van der Waals surface area contributed by atoms with Gasteiger partial charge in [-0.3, -0.25) is 4.90 Å². The minimum Gasteiger partial charge on any atom is -0.383 e. The second-order valence-electron chi connectivity index (χ2n) is 4.03. The highest BCUT2D eigenvalue weighted by molar-refractivity contribution is 5.33. The topological polar surface area (TPSA) is 63.4 Å². The van der Waals surface area contributed by atoms with E-state index in [2.05, 4.69) is 29.2 Å². The first-order valence-electron chi connectivity index (χ1n) is 5.86.